The zero-order valence-electron chi connectivity index (χ0n) is 14.9. The summed E-state index contributed by atoms with van der Waals surface area (Å²) in [7, 11) is 0. The highest BCUT2D eigenvalue weighted by atomic mass is 16.6. The highest BCUT2D eigenvalue weighted by Gasteiger charge is 2.31. The van der Waals surface area contributed by atoms with Gasteiger partial charge in [-0.3, -0.25) is 0 Å². The Kier molecular flexibility index (Phi) is 5.44. The predicted octanol–water partition coefficient (Wildman–Crippen LogP) is 5.21. The molecule has 0 aromatic heterocycles. The number of nitrogens with zero attached hydrogens (tertiary/aromatic N) is 3. The first-order chi connectivity index (χ1) is 12.6. The highest BCUT2D eigenvalue weighted by molar-refractivity contribution is 5.79. The quantitative estimate of drug-likeness (QED) is 0.440. The van der Waals surface area contributed by atoms with Crippen LogP contribution in [-0.2, 0) is 4.74 Å². The second-order valence-electron chi connectivity index (χ2n) is 6.84. The summed E-state index contributed by atoms with van der Waals surface area (Å²) in [6.45, 7) is 4.32. The van der Waals surface area contributed by atoms with Gasteiger partial charge in [0.2, 0.25) is 0 Å². The zero-order chi connectivity index (χ0) is 18.5. The summed E-state index contributed by atoms with van der Waals surface area (Å²) in [4.78, 5) is 15.3. The van der Waals surface area contributed by atoms with Gasteiger partial charge in [0.25, 0.3) is 0 Å². The number of hydrogen-bond donors (Lipinski definition) is 1. The molecule has 6 nitrogen and oxygen atoms in total. The van der Waals surface area contributed by atoms with E-state index in [9.17, 15) is 4.79 Å². The normalized spacial score (nSPS) is 13.5. The lowest BCUT2D eigenvalue weighted by Gasteiger charge is -2.21. The van der Waals surface area contributed by atoms with Crippen molar-refractivity contribution in [3.63, 3.8) is 0 Å². The van der Waals surface area contributed by atoms with Gasteiger partial charge in [0, 0.05) is 28.6 Å². The summed E-state index contributed by atoms with van der Waals surface area (Å²) in [6.07, 6.45) is -0.215. The Morgan fingerprint density at radius 1 is 1.15 bits per heavy atom. The van der Waals surface area contributed by atoms with Crippen LogP contribution < -0.4 is 5.32 Å². The smallest absolute Gasteiger partial charge is 0.408 e. The molecule has 6 heteroatoms. The summed E-state index contributed by atoms with van der Waals surface area (Å²) in [5.41, 5.74) is 12.7. The van der Waals surface area contributed by atoms with Gasteiger partial charge in [-0.05, 0) is 29.0 Å². The molecule has 1 N–H and O–H groups in total. The summed E-state index contributed by atoms with van der Waals surface area (Å²) in [5.74, 6) is 0.363. The first-order valence-corrected chi connectivity index (χ1v) is 8.76. The van der Waals surface area contributed by atoms with E-state index in [-0.39, 0.29) is 12.6 Å². The molecular weight excluding hydrogens is 328 g/mol. The van der Waals surface area contributed by atoms with Crippen LogP contribution in [-0.4, -0.2) is 18.7 Å². The van der Waals surface area contributed by atoms with Crippen LogP contribution in [0.4, 0.5) is 4.79 Å². The molecule has 2 aromatic rings. The van der Waals surface area contributed by atoms with Gasteiger partial charge in [0.15, 0.2) is 6.10 Å². The van der Waals surface area contributed by atoms with E-state index in [0.717, 1.165) is 22.3 Å². The number of nitrogens with one attached hydrogen (secondary N) is 1. The van der Waals surface area contributed by atoms with E-state index in [1.807, 2.05) is 48.5 Å². The topological polar surface area (TPSA) is 87.1 Å². The Morgan fingerprint density at radius 2 is 1.73 bits per heavy atom. The Balaban J connectivity index is 1.77. The largest absolute Gasteiger partial charge is 0.436 e. The first-order valence-electron chi connectivity index (χ1n) is 8.76. The lowest BCUT2D eigenvalue weighted by atomic mass is 10.0. The number of carbonyl (C=O) groups excluding carboxylic acids is 1. The van der Waals surface area contributed by atoms with Gasteiger partial charge in [0.1, 0.15) is 0 Å². The van der Waals surface area contributed by atoms with Crippen LogP contribution in [0, 0.1) is 5.92 Å². The SMILES string of the molecule is CC(C)CC(CN=[N+]=[N-])NC(=O)OC1c2ccccc2-c2ccccc21. The Morgan fingerprint density at radius 3 is 2.27 bits per heavy atom. The van der Waals surface area contributed by atoms with Crippen molar-refractivity contribution in [2.24, 2.45) is 11.0 Å². The van der Waals surface area contributed by atoms with Gasteiger partial charge in [0.05, 0.1) is 0 Å². The van der Waals surface area contributed by atoms with Crippen LogP contribution in [0.2, 0.25) is 0 Å². The Labute approximate surface area is 152 Å². The van der Waals surface area contributed by atoms with E-state index in [4.69, 9.17) is 10.3 Å². The third kappa shape index (κ3) is 3.81. The van der Waals surface area contributed by atoms with Crippen LogP contribution in [0.5, 0.6) is 0 Å². The molecule has 0 saturated heterocycles. The maximum absolute atomic E-state index is 12.5. The Hall–Kier alpha value is -2.98. The van der Waals surface area contributed by atoms with Crippen molar-refractivity contribution in [1.82, 2.24) is 5.32 Å². The molecule has 26 heavy (non-hydrogen) atoms. The fourth-order valence-corrected chi connectivity index (χ4v) is 3.43. The second-order valence-corrected chi connectivity index (χ2v) is 6.84. The number of carbonyl (C=O) groups is 1. The fraction of sp³-hybridized carbons (Fsp3) is 0.350. The molecule has 1 unspecified atom stereocenters. The van der Waals surface area contributed by atoms with Gasteiger partial charge >= 0.3 is 6.09 Å². The number of alkyl carbamates (subject to hydrolysis) is 1. The van der Waals surface area contributed by atoms with Crippen molar-refractivity contribution in [2.45, 2.75) is 32.4 Å². The lowest BCUT2D eigenvalue weighted by molar-refractivity contribution is 0.114. The molecule has 1 amide bonds. The summed E-state index contributed by atoms with van der Waals surface area (Å²) in [5, 5.41) is 6.44. The fourth-order valence-electron chi connectivity index (χ4n) is 3.43. The minimum Gasteiger partial charge on any atom is -0.436 e. The van der Waals surface area contributed by atoms with E-state index in [1.54, 1.807) is 0 Å². The molecular formula is C20H22N4O2. The van der Waals surface area contributed by atoms with Crippen LogP contribution in [0.3, 0.4) is 0 Å². The van der Waals surface area contributed by atoms with E-state index >= 15 is 0 Å². The monoisotopic (exact) mass is 350 g/mol. The Bertz CT molecular complexity index is 798. The number of amides is 1. The van der Waals surface area contributed by atoms with Gasteiger partial charge in [-0.25, -0.2) is 4.79 Å². The van der Waals surface area contributed by atoms with Crippen LogP contribution in [0.25, 0.3) is 21.6 Å². The van der Waals surface area contributed by atoms with Crippen LogP contribution >= 0.6 is 0 Å². The summed E-state index contributed by atoms with van der Waals surface area (Å²) < 4.78 is 5.77. The minimum atomic E-state index is -0.500. The van der Waals surface area contributed by atoms with Crippen LogP contribution in [0.1, 0.15) is 37.5 Å². The molecule has 0 saturated carbocycles. The van der Waals surface area contributed by atoms with Gasteiger partial charge < -0.3 is 10.1 Å². The van der Waals surface area contributed by atoms with Gasteiger partial charge in [-0.15, -0.1) is 0 Å². The maximum atomic E-state index is 12.5. The lowest BCUT2D eigenvalue weighted by Crippen LogP contribution is -2.38. The third-order valence-corrected chi connectivity index (χ3v) is 4.44. The van der Waals surface area contributed by atoms with E-state index in [0.29, 0.717) is 12.3 Å². The van der Waals surface area contributed by atoms with Crippen molar-refractivity contribution < 1.29 is 9.53 Å². The van der Waals surface area contributed by atoms with E-state index in [1.165, 1.54) is 0 Å². The second kappa shape index (κ2) is 7.93. The molecule has 0 heterocycles. The predicted molar refractivity (Wildman–Crippen MR) is 101 cm³/mol. The van der Waals surface area contributed by atoms with Crippen molar-refractivity contribution in [1.29, 1.82) is 0 Å². The number of rotatable bonds is 6. The highest BCUT2D eigenvalue weighted by Crippen LogP contribution is 2.44. The minimum absolute atomic E-state index is 0.210. The summed E-state index contributed by atoms with van der Waals surface area (Å²) >= 11 is 0. The molecule has 134 valence electrons. The molecule has 2 aromatic carbocycles. The molecule has 1 aliphatic rings. The molecule has 0 spiro atoms. The molecule has 0 radical (unpaired) electrons. The van der Waals surface area contributed by atoms with E-state index in [2.05, 4.69) is 29.2 Å². The number of hydrogen-bond acceptors (Lipinski definition) is 3. The molecule has 0 fully saturated rings. The number of ether oxygens (including phenoxy) is 1. The number of azide groups is 1. The number of fused-ring (bicyclic) bond motifs is 3. The maximum Gasteiger partial charge on any atom is 0.408 e. The van der Waals surface area contributed by atoms with Gasteiger partial charge in [-0.2, -0.15) is 0 Å². The van der Waals surface area contributed by atoms with E-state index < -0.39 is 12.2 Å². The molecule has 1 aliphatic carbocycles. The molecule has 1 atom stereocenters. The summed E-state index contributed by atoms with van der Waals surface area (Å²) in [6, 6.07) is 15.7. The van der Waals surface area contributed by atoms with Crippen molar-refractivity contribution in [3.05, 3.63) is 70.1 Å². The first kappa shape index (κ1) is 17.8. The van der Waals surface area contributed by atoms with Crippen molar-refractivity contribution >= 4 is 6.09 Å². The average Bonchev–Trinajstić information content (AvgIpc) is 2.94. The van der Waals surface area contributed by atoms with Gasteiger partial charge in [-0.1, -0.05) is 67.5 Å². The third-order valence-electron chi connectivity index (χ3n) is 4.44. The van der Waals surface area contributed by atoms with Crippen molar-refractivity contribution in [3.8, 4) is 11.1 Å². The van der Waals surface area contributed by atoms with Crippen LogP contribution in [0.15, 0.2) is 53.6 Å². The molecule has 0 aliphatic heterocycles. The standard InChI is InChI=1S/C20H22N4O2/c1-13(2)11-14(12-22-24-21)23-20(25)26-19-17-9-5-3-7-15(17)16-8-4-6-10-18(16)19/h3-10,13-14,19H,11-12H2,1-2H3,(H,23,25). The zero-order valence-corrected chi connectivity index (χ0v) is 14.9. The number of benzene rings is 2. The molecule has 3 rings (SSSR count). The van der Waals surface area contributed by atoms with Crippen molar-refractivity contribution in [2.75, 3.05) is 6.54 Å². The average molecular weight is 350 g/mol. The molecule has 0 bridgehead atoms.